The molecule has 110 valence electrons. The number of fused-ring (bicyclic) bond motifs is 3. The summed E-state index contributed by atoms with van der Waals surface area (Å²) >= 11 is 0. The topological polar surface area (TPSA) is 0 Å². The highest BCUT2D eigenvalue weighted by atomic mass is 14.3. The normalized spacial score (nSPS) is 19.7. The zero-order chi connectivity index (χ0) is 15.1. The summed E-state index contributed by atoms with van der Waals surface area (Å²) in [6, 6.07) is 15.7. The molecule has 2 atom stereocenters. The molecule has 4 rings (SSSR count). The van der Waals surface area contributed by atoms with Gasteiger partial charge in [0.1, 0.15) is 0 Å². The van der Waals surface area contributed by atoms with E-state index < -0.39 is 0 Å². The Labute approximate surface area is 133 Å². The summed E-state index contributed by atoms with van der Waals surface area (Å²) in [5.41, 5.74) is 8.86. The fourth-order valence-electron chi connectivity index (χ4n) is 3.93. The van der Waals surface area contributed by atoms with E-state index in [0.29, 0.717) is 11.8 Å². The molecule has 0 aliphatic heterocycles. The quantitative estimate of drug-likeness (QED) is 0.590. The van der Waals surface area contributed by atoms with E-state index in [1.165, 1.54) is 27.8 Å². The molecule has 22 heavy (non-hydrogen) atoms. The minimum atomic E-state index is 0.597. The summed E-state index contributed by atoms with van der Waals surface area (Å²) < 4.78 is 0. The molecule has 0 saturated heterocycles. The molecule has 0 bridgehead atoms. The summed E-state index contributed by atoms with van der Waals surface area (Å²) in [6.45, 7) is 4.58. The summed E-state index contributed by atoms with van der Waals surface area (Å²) in [5.74, 6) is 1.25. The molecule has 0 heteroatoms. The smallest absolute Gasteiger partial charge is 0.00107 e. The highest BCUT2D eigenvalue weighted by Gasteiger charge is 2.23. The van der Waals surface area contributed by atoms with Crippen LogP contribution in [0.2, 0.25) is 0 Å². The van der Waals surface area contributed by atoms with Crippen molar-refractivity contribution < 1.29 is 0 Å². The predicted octanol–water partition coefficient (Wildman–Crippen LogP) is 5.57. The van der Waals surface area contributed by atoms with Gasteiger partial charge < -0.3 is 0 Å². The van der Waals surface area contributed by atoms with Crippen LogP contribution in [0, 0.1) is 11.8 Å². The fourth-order valence-corrected chi connectivity index (χ4v) is 3.93. The van der Waals surface area contributed by atoms with Crippen molar-refractivity contribution in [2.45, 2.75) is 26.7 Å². The van der Waals surface area contributed by atoms with E-state index in [-0.39, 0.29) is 0 Å². The van der Waals surface area contributed by atoms with Gasteiger partial charge in [0, 0.05) is 0 Å². The van der Waals surface area contributed by atoms with Crippen molar-refractivity contribution in [2.24, 2.45) is 11.8 Å². The molecule has 0 spiro atoms. The van der Waals surface area contributed by atoms with E-state index in [9.17, 15) is 0 Å². The lowest BCUT2D eigenvalue weighted by molar-refractivity contribution is 0.498. The van der Waals surface area contributed by atoms with Gasteiger partial charge in [-0.2, -0.15) is 0 Å². The number of hydrogen-bond donors (Lipinski definition) is 0. The predicted molar refractivity (Wildman–Crippen MR) is 93.9 cm³/mol. The van der Waals surface area contributed by atoms with Gasteiger partial charge in [0.25, 0.3) is 0 Å². The Morgan fingerprint density at radius 3 is 2.68 bits per heavy atom. The molecule has 2 aliphatic rings. The van der Waals surface area contributed by atoms with E-state index in [1.54, 1.807) is 5.56 Å². The molecule has 0 aromatic heterocycles. The van der Waals surface area contributed by atoms with Gasteiger partial charge in [0.15, 0.2) is 0 Å². The number of benzene rings is 2. The van der Waals surface area contributed by atoms with Gasteiger partial charge in [-0.3, -0.25) is 0 Å². The van der Waals surface area contributed by atoms with Crippen LogP contribution in [0.3, 0.4) is 0 Å². The van der Waals surface area contributed by atoms with Gasteiger partial charge in [0.2, 0.25) is 0 Å². The van der Waals surface area contributed by atoms with Gasteiger partial charge >= 0.3 is 0 Å². The van der Waals surface area contributed by atoms with Crippen LogP contribution in [0.4, 0.5) is 0 Å². The second-order valence-corrected chi connectivity index (χ2v) is 6.81. The molecule has 0 radical (unpaired) electrons. The van der Waals surface area contributed by atoms with Crippen LogP contribution in [0.15, 0.2) is 66.3 Å². The van der Waals surface area contributed by atoms with Crippen molar-refractivity contribution in [3.05, 3.63) is 83.0 Å². The van der Waals surface area contributed by atoms with Crippen LogP contribution in [-0.4, -0.2) is 0 Å². The minimum Gasteiger partial charge on any atom is -0.0771 e. The Kier molecular flexibility index (Phi) is 3.26. The van der Waals surface area contributed by atoms with Crippen molar-refractivity contribution in [2.75, 3.05) is 0 Å². The third-order valence-electron chi connectivity index (χ3n) is 5.18. The maximum atomic E-state index is 2.41. The average molecular weight is 286 g/mol. The highest BCUT2D eigenvalue weighted by Crippen LogP contribution is 2.39. The van der Waals surface area contributed by atoms with Crippen molar-refractivity contribution in [1.82, 2.24) is 0 Å². The first-order chi connectivity index (χ1) is 10.7. The summed E-state index contributed by atoms with van der Waals surface area (Å²) in [6.07, 6.45) is 9.28. The monoisotopic (exact) mass is 286 g/mol. The van der Waals surface area contributed by atoms with E-state index in [1.807, 2.05) is 0 Å². The van der Waals surface area contributed by atoms with Crippen molar-refractivity contribution >= 4 is 0 Å². The molecule has 0 nitrogen and oxygen atoms in total. The summed E-state index contributed by atoms with van der Waals surface area (Å²) in [4.78, 5) is 0. The van der Waals surface area contributed by atoms with E-state index >= 15 is 0 Å². The first-order valence-electron chi connectivity index (χ1n) is 8.28. The third kappa shape index (κ3) is 2.23. The number of hydrogen-bond acceptors (Lipinski definition) is 0. The Bertz CT molecular complexity index is 776. The van der Waals surface area contributed by atoms with Crippen LogP contribution in [-0.2, 0) is 12.8 Å². The molecular formula is C22H22. The molecule has 2 aromatic rings. The molecule has 0 fully saturated rings. The molecule has 0 N–H and O–H groups in total. The van der Waals surface area contributed by atoms with E-state index in [4.69, 9.17) is 0 Å². The first kappa shape index (κ1) is 13.6. The van der Waals surface area contributed by atoms with Crippen LogP contribution in [0.5, 0.6) is 0 Å². The standard InChI is InChI=1S/C22H22/c1-15-10-11-17(12-15)16(2)13-18-7-5-9-21-20-8-4-3-6-19(20)14-22(18)21/h3-12,16-17H,13-14H2,1-2H3. The van der Waals surface area contributed by atoms with Gasteiger partial charge in [-0.15, -0.1) is 0 Å². The maximum Gasteiger partial charge on any atom is -0.00107 e. The molecule has 2 unspecified atom stereocenters. The summed E-state index contributed by atoms with van der Waals surface area (Å²) in [5, 5.41) is 0. The Morgan fingerprint density at radius 2 is 1.86 bits per heavy atom. The lowest BCUT2D eigenvalue weighted by Gasteiger charge is -2.18. The van der Waals surface area contributed by atoms with Crippen LogP contribution in [0.1, 0.15) is 30.5 Å². The molecule has 0 saturated carbocycles. The van der Waals surface area contributed by atoms with Crippen LogP contribution in [0.25, 0.3) is 11.1 Å². The zero-order valence-corrected chi connectivity index (χ0v) is 13.3. The van der Waals surface area contributed by atoms with Gasteiger partial charge in [-0.25, -0.2) is 0 Å². The average Bonchev–Trinajstić information content (AvgIpc) is 3.12. The maximum absolute atomic E-state index is 2.41. The highest BCUT2D eigenvalue weighted by molar-refractivity contribution is 5.77. The van der Waals surface area contributed by atoms with E-state index in [0.717, 1.165) is 12.8 Å². The lowest BCUT2D eigenvalue weighted by atomic mass is 9.86. The Balaban J connectivity index is 1.64. The minimum absolute atomic E-state index is 0.597. The van der Waals surface area contributed by atoms with Crippen LogP contribution >= 0.6 is 0 Å². The fraction of sp³-hybridized carbons (Fsp3) is 0.273. The molecule has 0 amide bonds. The second kappa shape index (κ2) is 5.28. The van der Waals surface area contributed by atoms with E-state index in [2.05, 4.69) is 74.5 Å². The van der Waals surface area contributed by atoms with Crippen LogP contribution < -0.4 is 0 Å². The SMILES string of the molecule is CC1=CC(C(C)Cc2cccc3c2Cc2ccccc2-3)C=C1. The molecule has 0 heterocycles. The number of allylic oxidation sites excluding steroid dienone is 4. The number of rotatable bonds is 3. The second-order valence-electron chi connectivity index (χ2n) is 6.81. The Morgan fingerprint density at radius 1 is 1.05 bits per heavy atom. The van der Waals surface area contributed by atoms with Gasteiger partial charge in [0.05, 0.1) is 0 Å². The molecular weight excluding hydrogens is 264 g/mol. The van der Waals surface area contributed by atoms with Crippen molar-refractivity contribution in [3.63, 3.8) is 0 Å². The third-order valence-corrected chi connectivity index (χ3v) is 5.18. The molecule has 2 aliphatic carbocycles. The largest absolute Gasteiger partial charge is 0.0771 e. The van der Waals surface area contributed by atoms with Crippen molar-refractivity contribution in [1.29, 1.82) is 0 Å². The van der Waals surface area contributed by atoms with Crippen molar-refractivity contribution in [3.8, 4) is 11.1 Å². The lowest BCUT2D eigenvalue weighted by Crippen LogP contribution is -2.10. The summed E-state index contributed by atoms with van der Waals surface area (Å²) in [7, 11) is 0. The Hall–Kier alpha value is -2.08. The first-order valence-corrected chi connectivity index (χ1v) is 8.28. The molecule has 2 aromatic carbocycles. The van der Waals surface area contributed by atoms with Gasteiger partial charge in [-0.1, -0.05) is 73.2 Å². The zero-order valence-electron chi connectivity index (χ0n) is 13.3. The van der Waals surface area contributed by atoms with Gasteiger partial charge in [-0.05, 0) is 59.4 Å².